The molecule has 2 N–H and O–H groups in total. The zero-order valence-corrected chi connectivity index (χ0v) is 19.8. The highest BCUT2D eigenvalue weighted by Gasteiger charge is 2.37. The van der Waals surface area contributed by atoms with Gasteiger partial charge in [-0.1, -0.05) is 24.6 Å². The standard InChI is InChI=1S/C23H24ClF4N5O2/c1-3-9-35-12-32-20(21-30-10-14(25)11-31-21)16-7-8-33(13(2)19(16)29)22(34)15-5-4-6-17(18(15)24)23(26,27)28/h4-6,10-11,13,29,32H,3,7-9,12H2,1-2H3/b20-16-,29-19?. The van der Waals surface area contributed by atoms with Crippen LogP contribution in [-0.2, 0) is 10.9 Å². The molecule has 1 unspecified atom stereocenters. The van der Waals surface area contributed by atoms with Crippen LogP contribution in [0.4, 0.5) is 17.6 Å². The maximum atomic E-state index is 13.4. The topological polar surface area (TPSA) is 91.2 Å². The lowest BCUT2D eigenvalue weighted by atomic mass is 9.92. The Kier molecular flexibility index (Phi) is 8.44. The molecule has 1 aromatic carbocycles. The molecule has 1 fully saturated rings. The minimum atomic E-state index is -4.71. The molecule has 0 spiro atoms. The Morgan fingerprint density at radius 1 is 1.31 bits per heavy atom. The molecule has 1 aliphatic heterocycles. The lowest BCUT2D eigenvalue weighted by molar-refractivity contribution is -0.137. The Hall–Kier alpha value is -3.05. The summed E-state index contributed by atoms with van der Waals surface area (Å²) in [5.41, 5.74) is -0.497. The van der Waals surface area contributed by atoms with E-state index in [1.165, 1.54) is 11.0 Å². The smallest absolute Gasteiger partial charge is 0.361 e. The third-order valence-corrected chi connectivity index (χ3v) is 5.86. The van der Waals surface area contributed by atoms with Crippen LogP contribution in [0.15, 0.2) is 36.2 Å². The van der Waals surface area contributed by atoms with E-state index in [1.54, 1.807) is 6.92 Å². The van der Waals surface area contributed by atoms with Crippen LogP contribution < -0.4 is 5.32 Å². The molecule has 0 saturated carbocycles. The molecule has 7 nitrogen and oxygen atoms in total. The molecule has 35 heavy (non-hydrogen) atoms. The number of likely N-dealkylation sites (tertiary alicyclic amines) is 1. The molecule has 188 valence electrons. The maximum absolute atomic E-state index is 13.4. The molecular formula is C23H24ClF4N5O2. The zero-order chi connectivity index (χ0) is 25.8. The SMILES string of the molecule is CCCOCN/C(=C1/CCN(C(=O)c2cccc(C(F)(F)F)c2Cl)C(C)C1=N)c1ncc(F)cn1. The normalized spacial score (nSPS) is 18.0. The number of rotatable bonds is 7. The molecule has 1 aromatic heterocycles. The average molecular weight is 514 g/mol. The minimum absolute atomic E-state index is 0.0404. The summed E-state index contributed by atoms with van der Waals surface area (Å²) < 4.78 is 58.6. The van der Waals surface area contributed by atoms with Gasteiger partial charge in [0.2, 0.25) is 0 Å². The van der Waals surface area contributed by atoms with Gasteiger partial charge in [-0.05, 0) is 31.9 Å². The van der Waals surface area contributed by atoms with Crippen molar-refractivity contribution in [2.24, 2.45) is 0 Å². The molecular weight excluding hydrogens is 490 g/mol. The molecule has 12 heteroatoms. The Morgan fingerprint density at radius 2 is 2.00 bits per heavy atom. The first-order valence-electron chi connectivity index (χ1n) is 10.8. The minimum Gasteiger partial charge on any atom is -0.361 e. The van der Waals surface area contributed by atoms with Gasteiger partial charge in [-0.2, -0.15) is 13.2 Å². The quantitative estimate of drug-likeness (QED) is 0.311. The summed E-state index contributed by atoms with van der Waals surface area (Å²) in [6.45, 7) is 4.23. The first-order chi connectivity index (χ1) is 16.6. The van der Waals surface area contributed by atoms with Crippen molar-refractivity contribution in [1.82, 2.24) is 20.2 Å². The van der Waals surface area contributed by atoms with Crippen molar-refractivity contribution < 1.29 is 27.1 Å². The zero-order valence-electron chi connectivity index (χ0n) is 19.0. The third kappa shape index (κ3) is 5.96. The summed E-state index contributed by atoms with van der Waals surface area (Å²) >= 11 is 5.94. The van der Waals surface area contributed by atoms with Crippen molar-refractivity contribution in [3.8, 4) is 0 Å². The number of benzene rings is 1. The molecule has 0 aliphatic carbocycles. The second-order valence-corrected chi connectivity index (χ2v) is 8.19. The Labute approximate surface area is 204 Å². The highest BCUT2D eigenvalue weighted by molar-refractivity contribution is 6.34. The summed E-state index contributed by atoms with van der Waals surface area (Å²) in [6, 6.07) is 2.37. The number of piperidine rings is 1. The first-order valence-corrected chi connectivity index (χ1v) is 11.2. The first kappa shape index (κ1) is 26.6. The predicted molar refractivity (Wildman–Crippen MR) is 122 cm³/mol. The summed E-state index contributed by atoms with van der Waals surface area (Å²) in [6.07, 6.45) is -1.73. The monoisotopic (exact) mass is 513 g/mol. The molecule has 0 bridgehead atoms. The van der Waals surface area contributed by atoms with E-state index in [0.29, 0.717) is 17.9 Å². The van der Waals surface area contributed by atoms with Crippen molar-refractivity contribution in [2.75, 3.05) is 19.9 Å². The Morgan fingerprint density at radius 3 is 2.63 bits per heavy atom. The van der Waals surface area contributed by atoms with Crippen molar-refractivity contribution in [3.05, 3.63) is 64.0 Å². The van der Waals surface area contributed by atoms with Gasteiger partial charge in [-0.3, -0.25) is 4.79 Å². The van der Waals surface area contributed by atoms with Crippen LogP contribution in [0, 0.1) is 11.2 Å². The van der Waals surface area contributed by atoms with Gasteiger partial charge in [-0.25, -0.2) is 14.4 Å². The van der Waals surface area contributed by atoms with E-state index in [-0.39, 0.29) is 36.8 Å². The fourth-order valence-corrected chi connectivity index (χ4v) is 3.99. The summed E-state index contributed by atoms with van der Waals surface area (Å²) in [7, 11) is 0. The number of halogens is 5. The largest absolute Gasteiger partial charge is 0.417 e. The van der Waals surface area contributed by atoms with Crippen molar-refractivity contribution >= 4 is 28.9 Å². The van der Waals surface area contributed by atoms with Crippen molar-refractivity contribution in [3.63, 3.8) is 0 Å². The number of hydrogen-bond donors (Lipinski definition) is 2. The number of amides is 1. The number of hydrogen-bond acceptors (Lipinski definition) is 6. The van der Waals surface area contributed by atoms with Gasteiger partial charge in [0.1, 0.15) is 6.73 Å². The van der Waals surface area contributed by atoms with E-state index in [2.05, 4.69) is 15.3 Å². The van der Waals surface area contributed by atoms with Gasteiger partial charge in [0.25, 0.3) is 5.91 Å². The van der Waals surface area contributed by atoms with Crippen molar-refractivity contribution in [1.29, 1.82) is 5.41 Å². The molecule has 2 heterocycles. The summed E-state index contributed by atoms with van der Waals surface area (Å²) in [4.78, 5) is 22.4. The van der Waals surface area contributed by atoms with E-state index in [0.717, 1.165) is 30.9 Å². The van der Waals surface area contributed by atoms with Gasteiger partial charge in [-0.15, -0.1) is 0 Å². The molecule has 2 aromatic rings. The Balaban J connectivity index is 1.91. The van der Waals surface area contributed by atoms with E-state index < -0.39 is 34.5 Å². The van der Waals surface area contributed by atoms with Crippen LogP contribution in [0.2, 0.25) is 5.02 Å². The lowest BCUT2D eigenvalue weighted by Gasteiger charge is -2.36. The number of alkyl halides is 3. The van der Waals surface area contributed by atoms with Crippen LogP contribution >= 0.6 is 11.6 Å². The molecule has 1 aliphatic rings. The molecule has 3 rings (SSSR count). The summed E-state index contributed by atoms with van der Waals surface area (Å²) in [5.74, 6) is -1.18. The molecule has 1 atom stereocenters. The van der Waals surface area contributed by atoms with Crippen LogP contribution in [0.5, 0.6) is 0 Å². The second-order valence-electron chi connectivity index (χ2n) is 7.81. The summed E-state index contributed by atoms with van der Waals surface area (Å²) in [5, 5.41) is 11.1. The number of ether oxygens (including phenoxy) is 1. The van der Waals surface area contributed by atoms with E-state index in [1.807, 2.05) is 6.92 Å². The van der Waals surface area contributed by atoms with E-state index in [4.69, 9.17) is 21.7 Å². The van der Waals surface area contributed by atoms with Gasteiger partial charge >= 0.3 is 6.18 Å². The van der Waals surface area contributed by atoms with Gasteiger partial charge in [0.15, 0.2) is 11.6 Å². The maximum Gasteiger partial charge on any atom is 0.417 e. The van der Waals surface area contributed by atoms with Gasteiger partial charge < -0.3 is 20.4 Å². The Bertz CT molecular complexity index is 1120. The van der Waals surface area contributed by atoms with Crippen LogP contribution in [0.25, 0.3) is 5.70 Å². The number of nitrogens with zero attached hydrogens (tertiary/aromatic N) is 3. The fourth-order valence-electron chi connectivity index (χ4n) is 3.68. The predicted octanol–water partition coefficient (Wildman–Crippen LogP) is 4.93. The number of carbonyl (C=O) groups excluding carboxylic acids is 1. The molecule has 1 saturated heterocycles. The van der Waals surface area contributed by atoms with Crippen LogP contribution in [0.1, 0.15) is 48.4 Å². The number of carbonyl (C=O) groups is 1. The number of nitrogens with one attached hydrogen (secondary N) is 2. The highest BCUT2D eigenvalue weighted by Crippen LogP contribution is 2.37. The third-order valence-electron chi connectivity index (χ3n) is 5.45. The van der Waals surface area contributed by atoms with E-state index >= 15 is 0 Å². The van der Waals surface area contributed by atoms with Gasteiger partial charge in [0.05, 0.1) is 46.0 Å². The lowest BCUT2D eigenvalue weighted by Crippen LogP contribution is -2.48. The fraction of sp³-hybridized carbons (Fsp3) is 0.391. The number of aromatic nitrogens is 2. The highest BCUT2D eigenvalue weighted by atomic mass is 35.5. The van der Waals surface area contributed by atoms with Crippen LogP contribution in [0.3, 0.4) is 0 Å². The average Bonchev–Trinajstić information content (AvgIpc) is 2.81. The molecule has 0 radical (unpaired) electrons. The van der Waals surface area contributed by atoms with Gasteiger partial charge in [0, 0.05) is 18.7 Å². The van der Waals surface area contributed by atoms with E-state index in [9.17, 15) is 22.4 Å². The molecule has 1 amide bonds. The van der Waals surface area contributed by atoms with Crippen molar-refractivity contribution in [2.45, 2.75) is 38.9 Å². The second kappa shape index (κ2) is 11.1. The van der Waals surface area contributed by atoms with Crippen LogP contribution in [-0.4, -0.2) is 52.4 Å².